The molecule has 0 aliphatic carbocycles. The minimum atomic E-state index is -0.474. The first-order valence-corrected chi connectivity index (χ1v) is 10.5. The van der Waals surface area contributed by atoms with Crippen molar-refractivity contribution in [3.63, 3.8) is 0 Å². The van der Waals surface area contributed by atoms with E-state index >= 15 is 0 Å². The predicted molar refractivity (Wildman–Crippen MR) is 120 cm³/mol. The molecular formula is C25H28N2O5. The minimum absolute atomic E-state index is 0.151. The normalized spacial score (nSPS) is 10.8. The number of carbonyl (C=O) groups is 3. The van der Waals surface area contributed by atoms with Gasteiger partial charge in [-0.3, -0.25) is 9.59 Å². The monoisotopic (exact) mass is 436 g/mol. The molecule has 0 unspecified atom stereocenters. The van der Waals surface area contributed by atoms with Crippen LogP contribution >= 0.6 is 0 Å². The Kier molecular flexibility index (Phi) is 6.98. The van der Waals surface area contributed by atoms with Gasteiger partial charge in [-0.1, -0.05) is 17.7 Å². The number of benzene rings is 1. The third-order valence-electron chi connectivity index (χ3n) is 5.53. The molecule has 3 rings (SSSR count). The van der Waals surface area contributed by atoms with Crippen molar-refractivity contribution in [1.82, 2.24) is 9.47 Å². The lowest BCUT2D eigenvalue weighted by Crippen LogP contribution is -2.35. The Balaban J connectivity index is 1.93. The van der Waals surface area contributed by atoms with Crippen molar-refractivity contribution >= 4 is 17.7 Å². The highest BCUT2D eigenvalue weighted by Crippen LogP contribution is 2.23. The molecule has 7 heteroatoms. The second-order valence-corrected chi connectivity index (χ2v) is 7.74. The lowest BCUT2D eigenvalue weighted by molar-refractivity contribution is 0.0514. The van der Waals surface area contributed by atoms with E-state index in [9.17, 15) is 14.4 Å². The van der Waals surface area contributed by atoms with E-state index < -0.39 is 5.97 Å². The second-order valence-electron chi connectivity index (χ2n) is 7.74. The van der Waals surface area contributed by atoms with E-state index in [0.29, 0.717) is 33.8 Å². The average molecular weight is 437 g/mol. The molecule has 0 bridgehead atoms. The van der Waals surface area contributed by atoms with E-state index in [1.54, 1.807) is 56.7 Å². The molecule has 0 aliphatic rings. The third-order valence-corrected chi connectivity index (χ3v) is 5.53. The summed E-state index contributed by atoms with van der Waals surface area (Å²) in [6.07, 6.45) is 1.53. The zero-order chi connectivity index (χ0) is 23.4. The van der Waals surface area contributed by atoms with Gasteiger partial charge in [0.25, 0.3) is 5.91 Å². The van der Waals surface area contributed by atoms with Crippen molar-refractivity contribution in [3.8, 4) is 0 Å². The zero-order valence-corrected chi connectivity index (χ0v) is 19.1. The number of ether oxygens (including phenoxy) is 1. The quantitative estimate of drug-likeness (QED) is 0.390. The number of ketones is 1. The lowest BCUT2D eigenvalue weighted by atomic mass is 10.0. The SMILES string of the molecule is CCOC(=O)c1c(C)c(C(=O)CN(Cc2ccco2)C(=O)c2ccc(C)cc2)c(C)n1C. The van der Waals surface area contributed by atoms with Crippen LogP contribution in [0.3, 0.4) is 0 Å². The molecule has 1 amide bonds. The molecule has 1 aromatic carbocycles. The number of hydrogen-bond acceptors (Lipinski definition) is 5. The van der Waals surface area contributed by atoms with Gasteiger partial charge in [0, 0.05) is 23.9 Å². The summed E-state index contributed by atoms with van der Waals surface area (Å²) >= 11 is 0. The lowest BCUT2D eigenvalue weighted by Gasteiger charge is -2.21. The van der Waals surface area contributed by atoms with Gasteiger partial charge in [0.2, 0.25) is 0 Å². The van der Waals surface area contributed by atoms with Gasteiger partial charge in [-0.2, -0.15) is 0 Å². The maximum atomic E-state index is 13.4. The van der Waals surface area contributed by atoms with Gasteiger partial charge in [0.15, 0.2) is 5.78 Å². The van der Waals surface area contributed by atoms with Crippen LogP contribution in [-0.4, -0.2) is 40.3 Å². The van der Waals surface area contributed by atoms with Crippen molar-refractivity contribution in [3.05, 3.63) is 82.1 Å². The highest BCUT2D eigenvalue weighted by Gasteiger charge is 2.28. The molecule has 0 radical (unpaired) electrons. The van der Waals surface area contributed by atoms with Crippen LogP contribution in [0, 0.1) is 20.8 Å². The van der Waals surface area contributed by atoms with Gasteiger partial charge in [-0.15, -0.1) is 0 Å². The van der Waals surface area contributed by atoms with Crippen molar-refractivity contribution in [1.29, 1.82) is 0 Å². The van der Waals surface area contributed by atoms with Gasteiger partial charge in [-0.05, 0) is 57.5 Å². The summed E-state index contributed by atoms with van der Waals surface area (Å²) in [5.74, 6) is -0.422. The summed E-state index contributed by atoms with van der Waals surface area (Å²) in [6, 6.07) is 10.7. The minimum Gasteiger partial charge on any atom is -0.467 e. The molecule has 168 valence electrons. The zero-order valence-electron chi connectivity index (χ0n) is 19.1. The Morgan fingerprint density at radius 1 is 1.06 bits per heavy atom. The van der Waals surface area contributed by atoms with E-state index in [-0.39, 0.29) is 31.4 Å². The topological polar surface area (TPSA) is 81.8 Å². The molecule has 0 saturated heterocycles. The van der Waals surface area contributed by atoms with Gasteiger partial charge in [-0.25, -0.2) is 4.79 Å². The molecule has 7 nitrogen and oxygen atoms in total. The van der Waals surface area contributed by atoms with E-state index in [0.717, 1.165) is 5.56 Å². The van der Waals surface area contributed by atoms with Crippen molar-refractivity contribution < 1.29 is 23.5 Å². The maximum Gasteiger partial charge on any atom is 0.355 e. The Hall–Kier alpha value is -3.61. The molecule has 0 saturated carbocycles. The number of carbonyl (C=O) groups excluding carboxylic acids is 3. The summed E-state index contributed by atoms with van der Waals surface area (Å²) in [5, 5.41) is 0. The Labute approximate surface area is 187 Å². The van der Waals surface area contributed by atoms with Crippen LogP contribution < -0.4 is 0 Å². The van der Waals surface area contributed by atoms with Crippen LogP contribution in [-0.2, 0) is 18.3 Å². The van der Waals surface area contributed by atoms with Crippen LogP contribution in [0.1, 0.15) is 60.7 Å². The third kappa shape index (κ3) is 4.66. The number of rotatable bonds is 8. The van der Waals surface area contributed by atoms with Gasteiger partial charge >= 0.3 is 5.97 Å². The summed E-state index contributed by atoms with van der Waals surface area (Å²) in [4.78, 5) is 40.5. The fraction of sp³-hybridized carbons (Fsp3) is 0.320. The number of hydrogen-bond donors (Lipinski definition) is 0. The number of aryl methyl sites for hydroxylation is 1. The van der Waals surface area contributed by atoms with Crippen molar-refractivity contribution in [2.24, 2.45) is 7.05 Å². The highest BCUT2D eigenvalue weighted by molar-refractivity contribution is 6.06. The molecule has 3 aromatic rings. The molecule has 0 fully saturated rings. The van der Waals surface area contributed by atoms with E-state index in [2.05, 4.69) is 0 Å². The Morgan fingerprint density at radius 3 is 2.34 bits per heavy atom. The molecule has 2 heterocycles. The number of furan rings is 1. The van der Waals surface area contributed by atoms with Crippen LogP contribution in [0.15, 0.2) is 47.1 Å². The fourth-order valence-electron chi connectivity index (χ4n) is 3.80. The number of amides is 1. The Morgan fingerprint density at radius 2 is 1.75 bits per heavy atom. The molecule has 0 atom stereocenters. The largest absolute Gasteiger partial charge is 0.467 e. The number of nitrogens with zero attached hydrogens (tertiary/aromatic N) is 2. The summed E-state index contributed by atoms with van der Waals surface area (Å²) in [5.41, 5.74) is 3.50. The standard InChI is InChI=1S/C25H28N2O5/c1-6-31-25(30)23-17(3)22(18(4)26(23)5)21(28)15-27(14-20-8-7-13-32-20)24(29)19-11-9-16(2)10-12-19/h7-13H,6,14-15H2,1-5H3. The fourth-order valence-corrected chi connectivity index (χ4v) is 3.80. The van der Waals surface area contributed by atoms with E-state index in [1.165, 1.54) is 11.2 Å². The highest BCUT2D eigenvalue weighted by atomic mass is 16.5. The average Bonchev–Trinajstić information content (AvgIpc) is 3.34. The van der Waals surface area contributed by atoms with Crippen molar-refractivity contribution in [2.75, 3.05) is 13.2 Å². The van der Waals surface area contributed by atoms with E-state index in [4.69, 9.17) is 9.15 Å². The number of aromatic nitrogens is 1. The van der Waals surface area contributed by atoms with Crippen LogP contribution in [0.2, 0.25) is 0 Å². The second kappa shape index (κ2) is 9.68. The molecule has 0 spiro atoms. The predicted octanol–water partition coefficient (Wildman–Crippen LogP) is 4.25. The molecule has 32 heavy (non-hydrogen) atoms. The number of Topliss-reactive ketones (excluding diaryl/α,β-unsaturated/α-hetero) is 1. The van der Waals surface area contributed by atoms with Gasteiger partial charge in [0.1, 0.15) is 11.5 Å². The van der Waals surface area contributed by atoms with Gasteiger partial charge in [0.05, 0.1) is 26.0 Å². The van der Waals surface area contributed by atoms with Crippen LogP contribution in [0.4, 0.5) is 0 Å². The molecule has 2 aromatic heterocycles. The smallest absolute Gasteiger partial charge is 0.355 e. The maximum absolute atomic E-state index is 13.4. The first-order valence-electron chi connectivity index (χ1n) is 10.5. The summed E-state index contributed by atoms with van der Waals surface area (Å²) in [6.45, 7) is 7.43. The number of esters is 1. The Bertz CT molecular complexity index is 1120. The molecular weight excluding hydrogens is 408 g/mol. The molecule has 0 N–H and O–H groups in total. The van der Waals surface area contributed by atoms with Crippen LogP contribution in [0.25, 0.3) is 0 Å². The molecule has 0 aliphatic heterocycles. The summed E-state index contributed by atoms with van der Waals surface area (Å²) < 4.78 is 12.2. The van der Waals surface area contributed by atoms with Crippen molar-refractivity contribution in [2.45, 2.75) is 34.2 Å². The van der Waals surface area contributed by atoms with Crippen LogP contribution in [0.5, 0.6) is 0 Å². The first kappa shape index (κ1) is 23.1. The summed E-state index contributed by atoms with van der Waals surface area (Å²) in [7, 11) is 1.73. The first-order chi connectivity index (χ1) is 15.2. The van der Waals surface area contributed by atoms with E-state index in [1.807, 2.05) is 19.1 Å². The van der Waals surface area contributed by atoms with Gasteiger partial charge < -0.3 is 18.6 Å².